The first kappa shape index (κ1) is 28.5. The molecule has 4 atom stereocenters. The largest absolute Gasteiger partial charge is 0.297 e. The number of fused-ring (bicyclic) bond motifs is 5. The Morgan fingerprint density at radius 2 is 1.00 bits per heavy atom. The Labute approximate surface area is 270 Å². The van der Waals surface area contributed by atoms with E-state index in [9.17, 15) is 10.1 Å². The van der Waals surface area contributed by atoms with Crippen molar-refractivity contribution in [3.63, 3.8) is 0 Å². The minimum atomic E-state index is -1.54. The van der Waals surface area contributed by atoms with Crippen molar-refractivity contribution in [1.82, 2.24) is 0 Å². The van der Waals surface area contributed by atoms with Crippen LogP contribution >= 0.6 is 0 Å². The normalized spacial score (nSPS) is 24.6. The highest BCUT2D eigenvalue weighted by Gasteiger charge is 2.82. The zero-order valence-corrected chi connectivity index (χ0v) is 25.4. The van der Waals surface area contributed by atoms with E-state index in [1.54, 1.807) is 19.1 Å². The molecule has 0 spiro atoms. The number of amides is 2. The monoisotopic (exact) mass is 616 g/mol. The summed E-state index contributed by atoms with van der Waals surface area (Å²) in [6.07, 6.45) is 0. The molecule has 2 bridgehead atoms. The molecule has 2 aliphatic carbocycles. The van der Waals surface area contributed by atoms with E-state index in [4.69, 9.17) is 0 Å². The minimum absolute atomic E-state index is 0.118. The Morgan fingerprint density at radius 3 is 1.40 bits per heavy atom. The van der Waals surface area contributed by atoms with Gasteiger partial charge in [0.05, 0.1) is 33.3 Å². The van der Waals surface area contributed by atoms with Gasteiger partial charge in [-0.15, -0.1) is 0 Å². The fourth-order valence-electron chi connectivity index (χ4n) is 8.52. The Bertz CT molecular complexity index is 2030. The maximum atomic E-state index is 15.9. The molecule has 0 radical (unpaired) electrons. The first-order chi connectivity index (χ1) is 22.8. The van der Waals surface area contributed by atoms with Crippen LogP contribution in [0.5, 0.6) is 0 Å². The molecule has 47 heavy (non-hydrogen) atoms. The SMILES string of the molecule is Cc1ccc(N2C(=O)[C@@H]3[C@@H](C2=O)[C@@]2(c4ccccc4)C(=O)[C@@]3(c3ccccc3)C(c3ccccc3)=C2c2ccccc2)cc1[N+](=O)[O-]. The van der Waals surface area contributed by atoms with Crippen molar-refractivity contribution in [2.45, 2.75) is 17.8 Å². The number of anilines is 1. The summed E-state index contributed by atoms with van der Waals surface area (Å²) in [4.78, 5) is 58.4. The lowest BCUT2D eigenvalue weighted by Crippen LogP contribution is -2.45. The quantitative estimate of drug-likeness (QED) is 0.115. The van der Waals surface area contributed by atoms with Crippen molar-refractivity contribution in [3.8, 4) is 0 Å². The standard InChI is InChI=1S/C40H28N2O5/c1-25-22-23-30(24-31(25)42(46)47)41-36(43)34-35(37(41)44)40(29-20-12-5-13-21-29)33(27-16-8-3-9-17-27)32(26-14-6-2-7-15-26)39(34,38(40)45)28-18-10-4-11-19-28/h2-24,34-35H,1H3/t34-,35-,39-,40-/m0/s1. The van der Waals surface area contributed by atoms with Crippen molar-refractivity contribution < 1.29 is 19.3 Å². The van der Waals surface area contributed by atoms with Gasteiger partial charge >= 0.3 is 0 Å². The third-order valence-corrected chi connectivity index (χ3v) is 10.2. The summed E-state index contributed by atoms with van der Waals surface area (Å²) in [5, 5.41) is 11.9. The number of nitro benzene ring substituents is 1. The van der Waals surface area contributed by atoms with E-state index >= 15 is 14.4 Å². The van der Waals surface area contributed by atoms with Crippen molar-refractivity contribution >= 4 is 40.1 Å². The highest BCUT2D eigenvalue weighted by molar-refractivity contribution is 6.39. The number of carbonyl (C=O) groups excluding carboxylic acids is 3. The molecular weight excluding hydrogens is 588 g/mol. The van der Waals surface area contributed by atoms with Gasteiger partial charge in [0.2, 0.25) is 11.8 Å². The van der Waals surface area contributed by atoms with E-state index in [0.717, 1.165) is 16.0 Å². The lowest BCUT2D eigenvalue weighted by Gasteiger charge is -2.39. The number of imide groups is 1. The molecule has 5 aromatic carbocycles. The molecule has 2 amide bonds. The summed E-state index contributed by atoms with van der Waals surface area (Å²) >= 11 is 0. The Hall–Kier alpha value is -5.95. The number of hydrogen-bond acceptors (Lipinski definition) is 5. The first-order valence-electron chi connectivity index (χ1n) is 15.5. The lowest BCUT2D eigenvalue weighted by molar-refractivity contribution is -0.385. The minimum Gasteiger partial charge on any atom is -0.297 e. The molecule has 1 heterocycles. The van der Waals surface area contributed by atoms with Crippen LogP contribution in [0, 0.1) is 28.9 Å². The molecule has 1 saturated heterocycles. The molecule has 0 unspecified atom stereocenters. The average Bonchev–Trinajstić information content (AvgIpc) is 3.62. The summed E-state index contributed by atoms with van der Waals surface area (Å²) in [6, 6.07) is 42.2. The first-order valence-corrected chi connectivity index (χ1v) is 15.5. The summed E-state index contributed by atoms with van der Waals surface area (Å²) in [5.74, 6) is -3.52. The molecule has 5 aromatic rings. The summed E-state index contributed by atoms with van der Waals surface area (Å²) < 4.78 is 0. The molecule has 8 rings (SSSR count). The van der Waals surface area contributed by atoms with Crippen LogP contribution in [-0.2, 0) is 25.2 Å². The van der Waals surface area contributed by atoms with Crippen LogP contribution in [0.15, 0.2) is 140 Å². The number of Topliss-reactive ketones (excluding diaryl/α,β-unsaturated/α-hetero) is 1. The summed E-state index contributed by atoms with van der Waals surface area (Å²) in [6.45, 7) is 1.61. The van der Waals surface area contributed by atoms with Crippen LogP contribution in [0.4, 0.5) is 11.4 Å². The van der Waals surface area contributed by atoms with Crippen molar-refractivity contribution in [1.29, 1.82) is 0 Å². The van der Waals surface area contributed by atoms with E-state index in [0.29, 0.717) is 27.8 Å². The number of benzene rings is 5. The second-order valence-corrected chi connectivity index (χ2v) is 12.4. The smallest absolute Gasteiger partial charge is 0.274 e. The number of rotatable bonds is 6. The fourth-order valence-corrected chi connectivity index (χ4v) is 8.52. The molecule has 1 aliphatic heterocycles. The maximum absolute atomic E-state index is 15.9. The van der Waals surface area contributed by atoms with Gasteiger partial charge in [0.25, 0.3) is 5.69 Å². The maximum Gasteiger partial charge on any atom is 0.274 e. The summed E-state index contributed by atoms with van der Waals surface area (Å²) in [5.41, 5.74) is 1.48. The molecule has 0 N–H and O–H groups in total. The van der Waals surface area contributed by atoms with Crippen LogP contribution in [0.1, 0.15) is 27.8 Å². The van der Waals surface area contributed by atoms with Gasteiger partial charge in [-0.2, -0.15) is 0 Å². The van der Waals surface area contributed by atoms with Crippen LogP contribution in [0.3, 0.4) is 0 Å². The van der Waals surface area contributed by atoms with Crippen molar-refractivity contribution in [2.75, 3.05) is 4.90 Å². The topological polar surface area (TPSA) is 97.6 Å². The van der Waals surface area contributed by atoms with Gasteiger partial charge in [-0.05, 0) is 46.4 Å². The molecule has 7 heteroatoms. The molecule has 7 nitrogen and oxygen atoms in total. The van der Waals surface area contributed by atoms with E-state index in [1.165, 1.54) is 6.07 Å². The molecule has 0 aromatic heterocycles. The van der Waals surface area contributed by atoms with Crippen LogP contribution < -0.4 is 4.90 Å². The number of ketones is 1. The highest BCUT2D eigenvalue weighted by Crippen LogP contribution is 2.74. The number of aryl methyl sites for hydroxylation is 1. The number of hydrogen-bond donors (Lipinski definition) is 0. The van der Waals surface area contributed by atoms with Gasteiger partial charge in [-0.1, -0.05) is 127 Å². The van der Waals surface area contributed by atoms with Crippen LogP contribution in [-0.4, -0.2) is 22.5 Å². The Morgan fingerprint density at radius 1 is 0.596 bits per heavy atom. The average molecular weight is 617 g/mol. The van der Waals surface area contributed by atoms with Crippen molar-refractivity contribution in [3.05, 3.63) is 177 Å². The van der Waals surface area contributed by atoms with E-state index < -0.39 is 39.4 Å². The zero-order valence-electron chi connectivity index (χ0n) is 25.4. The second kappa shape index (κ2) is 10.3. The molecule has 2 fully saturated rings. The van der Waals surface area contributed by atoms with E-state index in [1.807, 2.05) is 121 Å². The van der Waals surface area contributed by atoms with Crippen molar-refractivity contribution in [2.24, 2.45) is 11.8 Å². The number of carbonyl (C=O) groups is 3. The highest BCUT2D eigenvalue weighted by atomic mass is 16.6. The van der Waals surface area contributed by atoms with Gasteiger partial charge < -0.3 is 0 Å². The van der Waals surface area contributed by atoms with Gasteiger partial charge in [0.15, 0.2) is 5.78 Å². The number of nitro groups is 1. The van der Waals surface area contributed by atoms with Crippen LogP contribution in [0.2, 0.25) is 0 Å². The van der Waals surface area contributed by atoms with Gasteiger partial charge in [0.1, 0.15) is 0 Å². The van der Waals surface area contributed by atoms with Crippen LogP contribution in [0.25, 0.3) is 11.1 Å². The molecule has 3 aliphatic rings. The lowest BCUT2D eigenvalue weighted by atomic mass is 9.59. The molecular formula is C40H28N2O5. The Kier molecular flexibility index (Phi) is 6.24. The predicted octanol–water partition coefficient (Wildman–Crippen LogP) is 7.09. The summed E-state index contributed by atoms with van der Waals surface area (Å²) in [7, 11) is 0. The molecule has 1 saturated carbocycles. The number of allylic oxidation sites excluding steroid dienone is 2. The number of nitrogens with zero attached hydrogens (tertiary/aromatic N) is 2. The predicted molar refractivity (Wildman–Crippen MR) is 178 cm³/mol. The molecule has 228 valence electrons. The van der Waals surface area contributed by atoms with E-state index in [2.05, 4.69) is 0 Å². The Balaban J connectivity index is 1.53. The third-order valence-electron chi connectivity index (χ3n) is 10.2. The third kappa shape index (κ3) is 3.59. The zero-order chi connectivity index (χ0) is 32.5. The van der Waals surface area contributed by atoms with Gasteiger partial charge in [0, 0.05) is 11.6 Å². The van der Waals surface area contributed by atoms with E-state index in [-0.39, 0.29) is 17.2 Å². The second-order valence-electron chi connectivity index (χ2n) is 12.4. The van der Waals surface area contributed by atoms with Gasteiger partial charge in [-0.3, -0.25) is 24.5 Å². The fraction of sp³-hybridized carbons (Fsp3) is 0.125. The van der Waals surface area contributed by atoms with Gasteiger partial charge in [-0.25, -0.2) is 4.90 Å².